The molecule has 2 rings (SSSR count). The van der Waals surface area contributed by atoms with Crippen molar-refractivity contribution in [2.45, 2.75) is 6.92 Å². The Morgan fingerprint density at radius 1 is 1.43 bits per heavy atom. The molecular weight excluding hydrogens is 202 g/mol. The Morgan fingerprint density at radius 2 is 2.21 bits per heavy atom. The molecule has 6 heteroatoms. The Bertz CT molecular complexity index is 451. The molecule has 0 saturated heterocycles. The second-order valence-corrected chi connectivity index (χ2v) is 3.10. The average molecular weight is 210 g/mol. The van der Waals surface area contributed by atoms with Crippen LogP contribution in [-0.4, -0.2) is 19.7 Å². The van der Waals surface area contributed by atoms with E-state index in [0.717, 1.165) is 0 Å². The summed E-state index contributed by atoms with van der Waals surface area (Å²) in [5.41, 5.74) is 6.93. The van der Waals surface area contributed by atoms with Gasteiger partial charge in [-0.3, -0.25) is 0 Å². The van der Waals surface area contributed by atoms with E-state index in [9.17, 15) is 0 Å². The van der Waals surface area contributed by atoms with Crippen LogP contribution in [-0.2, 0) is 0 Å². The first kappa shape index (κ1) is 8.96. The SMILES string of the molecule is Cc1nc(Cl)nc(-n2cccn2)c1N. The quantitative estimate of drug-likeness (QED) is 0.717. The first-order valence-corrected chi connectivity index (χ1v) is 4.36. The zero-order chi connectivity index (χ0) is 10.1. The van der Waals surface area contributed by atoms with Crippen LogP contribution < -0.4 is 5.73 Å². The fourth-order valence-corrected chi connectivity index (χ4v) is 1.31. The summed E-state index contributed by atoms with van der Waals surface area (Å²) in [6.45, 7) is 1.77. The van der Waals surface area contributed by atoms with Crippen molar-refractivity contribution in [2.75, 3.05) is 5.73 Å². The van der Waals surface area contributed by atoms with Crippen LogP contribution in [0.15, 0.2) is 18.5 Å². The number of hydrogen-bond acceptors (Lipinski definition) is 4. The van der Waals surface area contributed by atoms with Crippen LogP contribution in [0.25, 0.3) is 5.82 Å². The van der Waals surface area contributed by atoms with E-state index in [4.69, 9.17) is 17.3 Å². The lowest BCUT2D eigenvalue weighted by molar-refractivity contribution is 0.839. The highest BCUT2D eigenvalue weighted by Gasteiger charge is 2.09. The second-order valence-electron chi connectivity index (χ2n) is 2.77. The highest BCUT2D eigenvalue weighted by molar-refractivity contribution is 6.28. The van der Waals surface area contributed by atoms with Gasteiger partial charge >= 0.3 is 0 Å². The van der Waals surface area contributed by atoms with E-state index < -0.39 is 0 Å². The summed E-state index contributed by atoms with van der Waals surface area (Å²) in [5, 5.41) is 4.19. The van der Waals surface area contributed by atoms with Gasteiger partial charge in [-0.25, -0.2) is 9.67 Å². The van der Waals surface area contributed by atoms with Gasteiger partial charge in [-0.05, 0) is 24.6 Å². The summed E-state index contributed by atoms with van der Waals surface area (Å²) in [5.74, 6) is 0.507. The molecule has 0 amide bonds. The van der Waals surface area contributed by atoms with Crippen LogP contribution in [0.3, 0.4) is 0 Å². The molecule has 14 heavy (non-hydrogen) atoms. The van der Waals surface area contributed by atoms with Gasteiger partial charge in [0, 0.05) is 12.4 Å². The summed E-state index contributed by atoms with van der Waals surface area (Å²) in [7, 11) is 0. The van der Waals surface area contributed by atoms with Crippen molar-refractivity contribution < 1.29 is 0 Å². The molecule has 5 nitrogen and oxygen atoms in total. The zero-order valence-electron chi connectivity index (χ0n) is 7.48. The Morgan fingerprint density at radius 3 is 2.86 bits per heavy atom. The lowest BCUT2D eigenvalue weighted by Crippen LogP contribution is -2.07. The van der Waals surface area contributed by atoms with E-state index in [0.29, 0.717) is 17.2 Å². The molecule has 0 aliphatic rings. The highest BCUT2D eigenvalue weighted by atomic mass is 35.5. The molecule has 0 bridgehead atoms. The van der Waals surface area contributed by atoms with Crippen LogP contribution in [0.5, 0.6) is 0 Å². The lowest BCUT2D eigenvalue weighted by Gasteiger charge is -2.06. The molecule has 0 aromatic carbocycles. The van der Waals surface area contributed by atoms with Gasteiger partial charge in [-0.15, -0.1) is 0 Å². The van der Waals surface area contributed by atoms with Gasteiger partial charge in [0.2, 0.25) is 5.28 Å². The van der Waals surface area contributed by atoms with Crippen molar-refractivity contribution in [3.8, 4) is 5.82 Å². The van der Waals surface area contributed by atoms with Gasteiger partial charge in [0.25, 0.3) is 0 Å². The predicted molar refractivity (Wildman–Crippen MR) is 53.3 cm³/mol. The van der Waals surface area contributed by atoms with Gasteiger partial charge in [0.15, 0.2) is 5.82 Å². The van der Waals surface area contributed by atoms with Crippen LogP contribution in [0.4, 0.5) is 5.69 Å². The maximum atomic E-state index is 5.80. The zero-order valence-corrected chi connectivity index (χ0v) is 8.23. The number of nitrogen functional groups attached to an aromatic ring is 1. The molecule has 72 valence electrons. The molecule has 0 fully saturated rings. The molecule has 2 heterocycles. The molecule has 2 aromatic heterocycles. The van der Waals surface area contributed by atoms with Crippen molar-refractivity contribution >= 4 is 17.3 Å². The molecule has 0 saturated carbocycles. The number of nitrogens with zero attached hydrogens (tertiary/aromatic N) is 4. The average Bonchev–Trinajstić information content (AvgIpc) is 2.63. The first-order chi connectivity index (χ1) is 6.68. The van der Waals surface area contributed by atoms with Gasteiger partial charge in [-0.1, -0.05) is 0 Å². The summed E-state index contributed by atoms with van der Waals surface area (Å²) < 4.78 is 1.55. The number of halogens is 1. The third-order valence-corrected chi connectivity index (χ3v) is 1.98. The van der Waals surface area contributed by atoms with Crippen molar-refractivity contribution in [3.05, 3.63) is 29.4 Å². The molecule has 2 N–H and O–H groups in total. The molecule has 0 radical (unpaired) electrons. The van der Waals surface area contributed by atoms with Crippen molar-refractivity contribution in [2.24, 2.45) is 0 Å². The van der Waals surface area contributed by atoms with Gasteiger partial charge in [0.05, 0.1) is 11.4 Å². The van der Waals surface area contributed by atoms with E-state index in [1.54, 1.807) is 30.1 Å². The normalized spacial score (nSPS) is 10.4. The molecular formula is C8H8ClN5. The van der Waals surface area contributed by atoms with Crippen molar-refractivity contribution in [1.29, 1.82) is 0 Å². The molecule has 2 aromatic rings. The Balaban J connectivity index is 2.64. The molecule has 0 aliphatic carbocycles. The predicted octanol–water partition coefficient (Wildman–Crippen LogP) is 1.21. The van der Waals surface area contributed by atoms with E-state index >= 15 is 0 Å². The van der Waals surface area contributed by atoms with Crippen LogP contribution in [0, 0.1) is 6.92 Å². The lowest BCUT2D eigenvalue weighted by atomic mass is 10.3. The second kappa shape index (κ2) is 3.26. The minimum Gasteiger partial charge on any atom is -0.394 e. The largest absolute Gasteiger partial charge is 0.394 e. The molecule has 0 spiro atoms. The number of aromatic nitrogens is 4. The number of aryl methyl sites for hydroxylation is 1. The fourth-order valence-electron chi connectivity index (χ4n) is 1.10. The van der Waals surface area contributed by atoms with Crippen LogP contribution in [0.1, 0.15) is 5.69 Å². The number of rotatable bonds is 1. The highest BCUT2D eigenvalue weighted by Crippen LogP contribution is 2.18. The molecule has 0 aliphatic heterocycles. The Labute approximate surface area is 85.5 Å². The summed E-state index contributed by atoms with van der Waals surface area (Å²) >= 11 is 5.72. The Kier molecular flexibility index (Phi) is 2.09. The minimum absolute atomic E-state index is 0.169. The topological polar surface area (TPSA) is 69.6 Å². The first-order valence-electron chi connectivity index (χ1n) is 3.98. The van der Waals surface area contributed by atoms with Gasteiger partial charge in [-0.2, -0.15) is 10.1 Å². The van der Waals surface area contributed by atoms with Crippen LogP contribution in [0.2, 0.25) is 5.28 Å². The maximum absolute atomic E-state index is 5.80. The molecule has 0 atom stereocenters. The van der Waals surface area contributed by atoms with Gasteiger partial charge < -0.3 is 5.73 Å². The van der Waals surface area contributed by atoms with Gasteiger partial charge in [0.1, 0.15) is 0 Å². The fraction of sp³-hybridized carbons (Fsp3) is 0.125. The number of anilines is 1. The number of hydrogen-bond donors (Lipinski definition) is 1. The number of nitrogens with two attached hydrogens (primary N) is 1. The third-order valence-electron chi connectivity index (χ3n) is 1.81. The Hall–Kier alpha value is -1.62. The smallest absolute Gasteiger partial charge is 0.224 e. The maximum Gasteiger partial charge on any atom is 0.224 e. The van der Waals surface area contributed by atoms with Crippen LogP contribution >= 0.6 is 11.6 Å². The van der Waals surface area contributed by atoms with E-state index in [2.05, 4.69) is 15.1 Å². The van der Waals surface area contributed by atoms with E-state index in [-0.39, 0.29) is 5.28 Å². The van der Waals surface area contributed by atoms with E-state index in [1.807, 2.05) is 0 Å². The third kappa shape index (κ3) is 1.42. The standard InChI is InChI=1S/C8H8ClN5/c1-5-6(10)7(13-8(9)12-5)14-4-2-3-11-14/h2-4H,10H2,1H3. The van der Waals surface area contributed by atoms with Crippen molar-refractivity contribution in [1.82, 2.24) is 19.7 Å². The summed E-state index contributed by atoms with van der Waals surface area (Å²) in [6, 6.07) is 1.78. The summed E-state index contributed by atoms with van der Waals surface area (Å²) in [6.07, 6.45) is 3.39. The van der Waals surface area contributed by atoms with Crippen molar-refractivity contribution in [3.63, 3.8) is 0 Å². The summed E-state index contributed by atoms with van der Waals surface area (Å²) in [4.78, 5) is 7.94. The van der Waals surface area contributed by atoms with E-state index in [1.165, 1.54) is 0 Å². The monoisotopic (exact) mass is 209 g/mol. The molecule has 0 unspecified atom stereocenters. The minimum atomic E-state index is 0.169.